The van der Waals surface area contributed by atoms with Gasteiger partial charge >= 0.3 is 6.03 Å². The van der Waals surface area contributed by atoms with Crippen LogP contribution in [-0.2, 0) is 16.7 Å². The fraction of sp³-hybridized carbons (Fsp3) is 0.579. The van der Waals surface area contributed by atoms with Gasteiger partial charge in [-0.1, -0.05) is 51.7 Å². The van der Waals surface area contributed by atoms with Gasteiger partial charge in [-0.05, 0) is 63.7 Å². The van der Waals surface area contributed by atoms with Gasteiger partial charge in [0.05, 0.1) is 37.7 Å². The first-order valence-electron chi connectivity index (χ1n) is 18.3. The van der Waals surface area contributed by atoms with Crippen LogP contribution in [0.15, 0.2) is 60.9 Å². The molecule has 5 heterocycles. The van der Waals surface area contributed by atoms with E-state index in [-0.39, 0.29) is 23.6 Å². The molecule has 6 rings (SSSR count). The van der Waals surface area contributed by atoms with Crippen molar-refractivity contribution in [1.29, 1.82) is 0 Å². The molecule has 2 aliphatic heterocycles. The number of carbonyl (C=O) groups excluding carboxylic acids is 1. The highest BCUT2D eigenvalue weighted by atomic mass is 16.5. The summed E-state index contributed by atoms with van der Waals surface area (Å²) in [6.07, 6.45) is 15.7. The predicted octanol–water partition coefficient (Wildman–Crippen LogP) is 6.11. The first-order chi connectivity index (χ1) is 24.0. The lowest BCUT2D eigenvalue weighted by Crippen LogP contribution is -2.44. The molecule has 0 unspecified atom stereocenters. The van der Waals surface area contributed by atoms with E-state index in [0.29, 0.717) is 30.9 Å². The second-order valence-corrected chi connectivity index (χ2v) is 15.0. The fourth-order valence-electron chi connectivity index (χ4n) is 7.07. The largest absolute Gasteiger partial charge is 0.489 e. The minimum atomic E-state index is -0.283. The molecule has 270 valence electrons. The normalized spacial score (nSPS) is 25.3. The molecule has 0 spiro atoms. The maximum absolute atomic E-state index is 13.6. The van der Waals surface area contributed by atoms with Gasteiger partial charge < -0.3 is 19.7 Å². The zero-order chi connectivity index (χ0) is 35.3. The maximum atomic E-state index is 13.6. The number of nitrogens with zero attached hydrogens (tertiary/aromatic N) is 7. The predicted molar refractivity (Wildman–Crippen MR) is 198 cm³/mol. The van der Waals surface area contributed by atoms with Crippen molar-refractivity contribution < 1.29 is 14.3 Å². The molecule has 0 saturated carbocycles. The van der Waals surface area contributed by atoms with Crippen molar-refractivity contribution in [3.05, 3.63) is 66.5 Å². The summed E-state index contributed by atoms with van der Waals surface area (Å²) in [5.41, 5.74) is 2.42. The molecule has 2 amide bonds. The number of hydrogen-bond donors (Lipinski definition) is 2. The van der Waals surface area contributed by atoms with Crippen LogP contribution >= 0.6 is 0 Å². The van der Waals surface area contributed by atoms with Crippen molar-refractivity contribution in [3.63, 3.8) is 0 Å². The summed E-state index contributed by atoms with van der Waals surface area (Å²) in [6, 6.07) is 6.17. The summed E-state index contributed by atoms with van der Waals surface area (Å²) in [5, 5.41) is 20.2. The smallest absolute Gasteiger partial charge is 0.320 e. The van der Waals surface area contributed by atoms with Crippen LogP contribution in [-0.4, -0.2) is 92.4 Å². The lowest BCUT2D eigenvalue weighted by atomic mass is 9.92. The molecule has 2 saturated heterocycles. The van der Waals surface area contributed by atoms with E-state index in [1.807, 2.05) is 47.3 Å². The Hall–Kier alpha value is -4.16. The zero-order valence-corrected chi connectivity index (χ0v) is 30.5. The van der Waals surface area contributed by atoms with Crippen molar-refractivity contribution in [2.75, 3.05) is 43.1 Å². The SMILES string of the molecule is C=C1/C=C\C=C/C[C@H](Oc2ccc3nnc(N4[C@H](C)CCC[C@@H]4C)n3c2)CC[C@@H]1NC(=O)Nc1cc(C(C)(C)C)nn1CCN1CCOCC1. The number of piperidine rings is 1. The molecular formula is C38H55N9O3. The van der Waals surface area contributed by atoms with Crippen LogP contribution in [0.5, 0.6) is 5.75 Å². The summed E-state index contributed by atoms with van der Waals surface area (Å²) in [4.78, 5) is 18.3. The highest BCUT2D eigenvalue weighted by Crippen LogP contribution is 2.30. The number of rotatable bonds is 8. The molecule has 0 radical (unpaired) electrons. The molecule has 2 N–H and O–H groups in total. The van der Waals surface area contributed by atoms with Crippen LogP contribution in [0.3, 0.4) is 0 Å². The van der Waals surface area contributed by atoms with Crippen molar-refractivity contribution in [2.24, 2.45) is 0 Å². The van der Waals surface area contributed by atoms with Crippen LogP contribution < -0.4 is 20.3 Å². The van der Waals surface area contributed by atoms with E-state index in [1.54, 1.807) is 0 Å². The van der Waals surface area contributed by atoms with E-state index in [0.717, 1.165) is 87.1 Å². The first-order valence-corrected chi connectivity index (χ1v) is 18.3. The minimum absolute atomic E-state index is 0.0981. The fourth-order valence-corrected chi connectivity index (χ4v) is 7.07. The number of aromatic nitrogens is 5. The molecule has 12 heteroatoms. The van der Waals surface area contributed by atoms with Crippen molar-refractivity contribution in [1.82, 2.24) is 34.6 Å². The number of fused-ring (bicyclic) bond motifs is 1. The van der Waals surface area contributed by atoms with Crippen LogP contribution in [0.1, 0.15) is 78.8 Å². The molecule has 4 atom stereocenters. The van der Waals surface area contributed by atoms with E-state index in [9.17, 15) is 4.79 Å². The Bertz CT molecular complexity index is 1670. The molecule has 1 aliphatic carbocycles. The van der Waals surface area contributed by atoms with E-state index < -0.39 is 0 Å². The van der Waals surface area contributed by atoms with Crippen LogP contribution in [0.2, 0.25) is 0 Å². The second-order valence-electron chi connectivity index (χ2n) is 15.0. The van der Waals surface area contributed by atoms with Gasteiger partial charge in [-0.15, -0.1) is 10.2 Å². The number of carbonyl (C=O) groups is 1. The number of ether oxygens (including phenoxy) is 2. The van der Waals surface area contributed by atoms with Crippen LogP contribution in [0.25, 0.3) is 5.65 Å². The van der Waals surface area contributed by atoms with E-state index in [1.165, 1.54) is 6.42 Å². The van der Waals surface area contributed by atoms with Crippen molar-refractivity contribution >= 4 is 23.4 Å². The van der Waals surface area contributed by atoms with Gasteiger partial charge in [-0.25, -0.2) is 9.48 Å². The molecule has 2 fully saturated rings. The Morgan fingerprint density at radius 3 is 2.58 bits per heavy atom. The molecule has 0 bridgehead atoms. The van der Waals surface area contributed by atoms with E-state index in [2.05, 4.69) is 82.3 Å². The summed E-state index contributed by atoms with van der Waals surface area (Å²) in [5.74, 6) is 2.32. The summed E-state index contributed by atoms with van der Waals surface area (Å²) < 4.78 is 16.1. The highest BCUT2D eigenvalue weighted by molar-refractivity contribution is 5.89. The maximum Gasteiger partial charge on any atom is 0.320 e. The van der Waals surface area contributed by atoms with Gasteiger partial charge in [0.15, 0.2) is 5.65 Å². The van der Waals surface area contributed by atoms with Gasteiger partial charge in [-0.2, -0.15) is 5.10 Å². The average Bonchev–Trinajstić information content (AvgIpc) is 3.69. The first kappa shape index (κ1) is 35.7. The number of pyridine rings is 1. The number of morpholine rings is 1. The topological polar surface area (TPSA) is 114 Å². The molecule has 3 aliphatic rings. The number of amides is 2. The van der Waals surface area contributed by atoms with Gasteiger partial charge in [0.1, 0.15) is 17.7 Å². The Labute approximate surface area is 296 Å². The Kier molecular flexibility index (Phi) is 11.3. The lowest BCUT2D eigenvalue weighted by Gasteiger charge is -2.39. The standard InChI is InChI=1S/C38H55N9O3/c1-27-11-8-7-9-14-30(50-31-16-18-34-41-42-37(45(34)26-31)47-28(2)12-10-13-29(47)3)15-17-32(27)39-36(48)40-35-25-33(38(4,5)6)43-46(35)20-19-44-21-23-49-24-22-44/h7-9,11,16,18,25-26,28-30,32H,1,10,12-15,17,19-24H2,2-6H3,(H2,39,40,48)/b9-7-,11-8-/t28-,29+,30-,32-/m0/s1. The third kappa shape index (κ3) is 8.76. The lowest BCUT2D eigenvalue weighted by molar-refractivity contribution is 0.0360. The van der Waals surface area contributed by atoms with Gasteiger partial charge in [-0.3, -0.25) is 14.6 Å². The monoisotopic (exact) mass is 685 g/mol. The van der Waals surface area contributed by atoms with E-state index >= 15 is 0 Å². The Balaban J connectivity index is 1.13. The zero-order valence-electron chi connectivity index (χ0n) is 30.5. The number of anilines is 2. The number of hydrogen-bond acceptors (Lipinski definition) is 8. The Morgan fingerprint density at radius 1 is 1.04 bits per heavy atom. The number of nitrogens with one attached hydrogen (secondary N) is 2. The summed E-state index contributed by atoms with van der Waals surface area (Å²) in [7, 11) is 0. The third-order valence-corrected chi connectivity index (χ3v) is 10.1. The molecule has 12 nitrogen and oxygen atoms in total. The molecule has 0 aromatic carbocycles. The quantitative estimate of drug-likeness (QED) is 0.292. The Morgan fingerprint density at radius 2 is 1.82 bits per heavy atom. The molecular weight excluding hydrogens is 630 g/mol. The summed E-state index contributed by atoms with van der Waals surface area (Å²) >= 11 is 0. The van der Waals surface area contributed by atoms with E-state index in [4.69, 9.17) is 14.6 Å². The highest BCUT2D eigenvalue weighted by Gasteiger charge is 2.29. The van der Waals surface area contributed by atoms with Crippen molar-refractivity contribution in [3.8, 4) is 5.75 Å². The molecule has 3 aromatic rings. The van der Waals surface area contributed by atoms with Crippen LogP contribution in [0, 0.1) is 0 Å². The average molecular weight is 686 g/mol. The van der Waals surface area contributed by atoms with Crippen LogP contribution in [0.4, 0.5) is 16.6 Å². The van der Waals surface area contributed by atoms with Gasteiger partial charge in [0, 0.05) is 49.6 Å². The third-order valence-electron chi connectivity index (χ3n) is 10.1. The van der Waals surface area contributed by atoms with Crippen molar-refractivity contribution in [2.45, 2.75) is 109 Å². The second kappa shape index (κ2) is 15.8. The molecule has 3 aromatic heterocycles. The van der Waals surface area contributed by atoms with Gasteiger partial charge in [0.2, 0.25) is 5.95 Å². The minimum Gasteiger partial charge on any atom is -0.489 e. The number of allylic oxidation sites excluding steroid dienone is 2. The summed E-state index contributed by atoms with van der Waals surface area (Å²) in [6.45, 7) is 20.1. The number of urea groups is 1. The van der Waals surface area contributed by atoms with Gasteiger partial charge in [0.25, 0.3) is 0 Å². The molecule has 50 heavy (non-hydrogen) atoms.